The molecule has 0 amide bonds. The van der Waals surface area contributed by atoms with Crippen molar-refractivity contribution in [2.24, 2.45) is 0 Å². The van der Waals surface area contributed by atoms with Crippen LogP contribution in [0.2, 0.25) is 0 Å². The molecule has 2 heteroatoms. The first-order valence-corrected chi connectivity index (χ1v) is 7.77. The molecule has 1 heterocycles. The first-order valence-electron chi connectivity index (χ1n) is 7.77. The Hall–Kier alpha value is -0.600. The molecule has 19 heavy (non-hydrogen) atoms. The summed E-state index contributed by atoms with van der Waals surface area (Å²) in [6.07, 6.45) is 12.8. The van der Waals surface area contributed by atoms with E-state index in [9.17, 15) is 0 Å². The molecular weight excluding hydrogens is 236 g/mol. The third kappa shape index (κ3) is 8.22. The van der Waals surface area contributed by atoms with Gasteiger partial charge in [0, 0.05) is 6.61 Å². The molecule has 1 fully saturated rings. The highest BCUT2D eigenvalue weighted by Gasteiger charge is 2.12. The Morgan fingerprint density at radius 1 is 1.16 bits per heavy atom. The van der Waals surface area contributed by atoms with E-state index < -0.39 is 0 Å². The van der Waals surface area contributed by atoms with Crippen molar-refractivity contribution in [1.82, 2.24) is 0 Å². The van der Waals surface area contributed by atoms with Gasteiger partial charge in [0.15, 0.2) is 6.29 Å². The molecule has 0 N–H and O–H groups in total. The summed E-state index contributed by atoms with van der Waals surface area (Å²) in [5, 5.41) is 0. The van der Waals surface area contributed by atoms with Crippen LogP contribution in [0, 0.1) is 0 Å². The van der Waals surface area contributed by atoms with Crippen LogP contribution in [0.4, 0.5) is 0 Å². The Kier molecular flexibility index (Phi) is 8.85. The molecule has 110 valence electrons. The van der Waals surface area contributed by atoms with Crippen molar-refractivity contribution >= 4 is 0 Å². The lowest BCUT2D eigenvalue weighted by Crippen LogP contribution is -2.22. The van der Waals surface area contributed by atoms with Crippen LogP contribution in [0.5, 0.6) is 0 Å². The van der Waals surface area contributed by atoms with Crippen molar-refractivity contribution in [2.45, 2.75) is 72.0 Å². The van der Waals surface area contributed by atoms with Gasteiger partial charge in [-0.15, -0.1) is 0 Å². The lowest BCUT2D eigenvalue weighted by Gasteiger charge is -2.22. The standard InChI is InChI=1S/C17H30O2/c1-4-8-15(2)9-7-10-16(3)12-14-19-17-11-5-6-13-18-17/h9,12,17H,4-8,10-11,13-14H2,1-3H3/b15-9+,16-12+. The number of hydrogen-bond acceptors (Lipinski definition) is 2. The van der Waals surface area contributed by atoms with E-state index in [0.29, 0.717) is 6.61 Å². The maximum atomic E-state index is 5.71. The summed E-state index contributed by atoms with van der Waals surface area (Å²) in [5.41, 5.74) is 2.93. The van der Waals surface area contributed by atoms with Crippen LogP contribution in [0.25, 0.3) is 0 Å². The second kappa shape index (κ2) is 10.2. The predicted octanol–water partition coefficient (Wildman–Crippen LogP) is 5.00. The highest BCUT2D eigenvalue weighted by atomic mass is 16.7. The molecule has 0 aromatic carbocycles. The van der Waals surface area contributed by atoms with Crippen molar-refractivity contribution in [2.75, 3.05) is 13.2 Å². The summed E-state index contributed by atoms with van der Waals surface area (Å²) in [6.45, 7) is 8.19. The van der Waals surface area contributed by atoms with Gasteiger partial charge < -0.3 is 9.47 Å². The first-order chi connectivity index (χ1) is 9.22. The van der Waals surface area contributed by atoms with E-state index in [-0.39, 0.29) is 6.29 Å². The molecule has 0 aromatic heterocycles. The van der Waals surface area contributed by atoms with Crippen LogP contribution < -0.4 is 0 Å². The number of rotatable bonds is 8. The van der Waals surface area contributed by atoms with Gasteiger partial charge in [-0.3, -0.25) is 0 Å². The van der Waals surface area contributed by atoms with E-state index in [0.717, 1.165) is 25.9 Å². The third-order valence-electron chi connectivity index (χ3n) is 3.53. The molecule has 2 nitrogen and oxygen atoms in total. The molecule has 0 aromatic rings. The topological polar surface area (TPSA) is 18.5 Å². The van der Waals surface area contributed by atoms with Gasteiger partial charge in [-0.05, 0) is 52.4 Å². The van der Waals surface area contributed by atoms with Crippen LogP contribution in [0.15, 0.2) is 23.3 Å². The zero-order chi connectivity index (χ0) is 13.9. The summed E-state index contributed by atoms with van der Waals surface area (Å²) in [4.78, 5) is 0. The van der Waals surface area contributed by atoms with Crippen molar-refractivity contribution in [3.05, 3.63) is 23.3 Å². The maximum Gasteiger partial charge on any atom is 0.157 e. The molecule has 1 unspecified atom stereocenters. The van der Waals surface area contributed by atoms with Gasteiger partial charge in [0.05, 0.1) is 6.61 Å². The molecule has 0 aliphatic carbocycles. The number of allylic oxidation sites excluding steroid dienone is 3. The molecule has 1 rings (SSSR count). The Balaban J connectivity index is 2.12. The molecule has 0 radical (unpaired) electrons. The summed E-state index contributed by atoms with van der Waals surface area (Å²) < 4.78 is 11.2. The summed E-state index contributed by atoms with van der Waals surface area (Å²) in [7, 11) is 0. The van der Waals surface area contributed by atoms with Crippen LogP contribution in [0.1, 0.15) is 65.7 Å². The van der Waals surface area contributed by atoms with Crippen molar-refractivity contribution in [1.29, 1.82) is 0 Å². The monoisotopic (exact) mass is 266 g/mol. The highest BCUT2D eigenvalue weighted by Crippen LogP contribution is 2.14. The van der Waals surface area contributed by atoms with Crippen LogP contribution in [0.3, 0.4) is 0 Å². The van der Waals surface area contributed by atoms with Gasteiger partial charge in [0.1, 0.15) is 0 Å². The molecule has 0 spiro atoms. The van der Waals surface area contributed by atoms with Crippen molar-refractivity contribution < 1.29 is 9.47 Å². The Bertz CT molecular complexity index is 286. The summed E-state index contributed by atoms with van der Waals surface area (Å²) in [6, 6.07) is 0. The Morgan fingerprint density at radius 3 is 2.63 bits per heavy atom. The number of hydrogen-bond donors (Lipinski definition) is 0. The van der Waals surface area contributed by atoms with Gasteiger partial charge in [0.25, 0.3) is 0 Å². The fourth-order valence-corrected chi connectivity index (χ4v) is 2.29. The largest absolute Gasteiger partial charge is 0.353 e. The maximum absolute atomic E-state index is 5.71. The lowest BCUT2D eigenvalue weighted by atomic mass is 10.1. The van der Waals surface area contributed by atoms with E-state index >= 15 is 0 Å². The molecule has 1 saturated heterocycles. The molecule has 0 bridgehead atoms. The van der Waals surface area contributed by atoms with E-state index in [1.807, 2.05) is 0 Å². The third-order valence-corrected chi connectivity index (χ3v) is 3.53. The normalized spacial score (nSPS) is 21.7. The van der Waals surface area contributed by atoms with Crippen molar-refractivity contribution in [3.8, 4) is 0 Å². The second-order valence-corrected chi connectivity index (χ2v) is 5.52. The fourth-order valence-electron chi connectivity index (χ4n) is 2.29. The van der Waals surface area contributed by atoms with E-state index in [4.69, 9.17) is 9.47 Å². The molecule has 1 atom stereocenters. The Labute approximate surface area is 118 Å². The molecule has 1 aliphatic heterocycles. The smallest absolute Gasteiger partial charge is 0.157 e. The molecule has 1 aliphatic rings. The zero-order valence-electron chi connectivity index (χ0n) is 12.9. The van der Waals surface area contributed by atoms with Crippen LogP contribution in [-0.2, 0) is 9.47 Å². The molecule has 0 saturated carbocycles. The fraction of sp³-hybridized carbons (Fsp3) is 0.765. The van der Waals surface area contributed by atoms with E-state index in [2.05, 4.69) is 32.9 Å². The van der Waals surface area contributed by atoms with Crippen LogP contribution >= 0.6 is 0 Å². The number of ether oxygens (including phenoxy) is 2. The average molecular weight is 266 g/mol. The molecular formula is C17H30O2. The van der Waals surface area contributed by atoms with Crippen molar-refractivity contribution in [3.63, 3.8) is 0 Å². The quantitative estimate of drug-likeness (QED) is 0.575. The Morgan fingerprint density at radius 2 is 1.95 bits per heavy atom. The van der Waals surface area contributed by atoms with E-state index in [1.54, 1.807) is 0 Å². The minimum atomic E-state index is 0.0319. The SMILES string of the molecule is CCC/C(C)=C/CC/C(C)=C/COC1CCCCO1. The predicted molar refractivity (Wildman–Crippen MR) is 81.2 cm³/mol. The van der Waals surface area contributed by atoms with Gasteiger partial charge in [-0.2, -0.15) is 0 Å². The minimum absolute atomic E-state index is 0.0319. The highest BCUT2D eigenvalue weighted by molar-refractivity contribution is 5.03. The van der Waals surface area contributed by atoms with Gasteiger partial charge in [-0.25, -0.2) is 0 Å². The van der Waals surface area contributed by atoms with Gasteiger partial charge in [0.2, 0.25) is 0 Å². The van der Waals surface area contributed by atoms with Gasteiger partial charge >= 0.3 is 0 Å². The first kappa shape index (κ1) is 16.5. The van der Waals surface area contributed by atoms with Gasteiger partial charge in [-0.1, -0.05) is 36.6 Å². The van der Waals surface area contributed by atoms with E-state index in [1.165, 1.54) is 36.8 Å². The lowest BCUT2D eigenvalue weighted by molar-refractivity contribution is -0.155. The van der Waals surface area contributed by atoms with Crippen LogP contribution in [-0.4, -0.2) is 19.5 Å². The minimum Gasteiger partial charge on any atom is -0.353 e. The zero-order valence-corrected chi connectivity index (χ0v) is 12.9. The summed E-state index contributed by atoms with van der Waals surface area (Å²) >= 11 is 0. The second-order valence-electron chi connectivity index (χ2n) is 5.52. The summed E-state index contributed by atoms with van der Waals surface area (Å²) in [5.74, 6) is 0. The average Bonchev–Trinajstić information content (AvgIpc) is 2.40.